The van der Waals surface area contributed by atoms with Crippen molar-refractivity contribution in [3.8, 4) is 5.75 Å². The van der Waals surface area contributed by atoms with Gasteiger partial charge in [-0.25, -0.2) is 4.98 Å². The first kappa shape index (κ1) is 14.5. The molecule has 1 unspecified atom stereocenters. The van der Waals surface area contributed by atoms with E-state index in [1.165, 1.54) is 0 Å². The number of aliphatic hydroxyl groups is 1. The molecule has 0 spiro atoms. The standard InChI is InChI=1S/C15H16ClN5O2/c16-13-12-8(7-22)5-21(14(12)20-15(17)19-13)6-10-9-2-4-23-11(9)1-3-18-10/h1,3,8,22H,2,4-7H2,(H2,17,19,20). The third-order valence-electron chi connectivity index (χ3n) is 4.32. The zero-order valence-electron chi connectivity index (χ0n) is 12.4. The number of nitrogen functional groups attached to an aromatic ring is 1. The highest BCUT2D eigenvalue weighted by atomic mass is 35.5. The molecule has 0 saturated carbocycles. The van der Waals surface area contributed by atoms with Crippen molar-refractivity contribution in [1.29, 1.82) is 0 Å². The van der Waals surface area contributed by atoms with Crippen molar-refractivity contribution >= 4 is 23.4 Å². The Morgan fingerprint density at radius 1 is 1.43 bits per heavy atom. The number of anilines is 2. The number of pyridine rings is 1. The fourth-order valence-electron chi connectivity index (χ4n) is 3.27. The molecular formula is C15H16ClN5O2. The number of rotatable bonds is 3. The average Bonchev–Trinajstić information content (AvgIpc) is 3.13. The summed E-state index contributed by atoms with van der Waals surface area (Å²) in [6.45, 7) is 1.85. The van der Waals surface area contributed by atoms with Gasteiger partial charge >= 0.3 is 0 Å². The van der Waals surface area contributed by atoms with Crippen molar-refractivity contribution in [2.75, 3.05) is 30.4 Å². The Hall–Kier alpha value is -2.12. The lowest BCUT2D eigenvalue weighted by molar-refractivity contribution is 0.270. The molecule has 2 aromatic heterocycles. The summed E-state index contributed by atoms with van der Waals surface area (Å²) in [5.41, 5.74) is 8.58. The summed E-state index contributed by atoms with van der Waals surface area (Å²) < 4.78 is 5.59. The smallest absolute Gasteiger partial charge is 0.223 e. The minimum Gasteiger partial charge on any atom is -0.493 e. The monoisotopic (exact) mass is 333 g/mol. The number of nitrogens with two attached hydrogens (primary N) is 1. The quantitative estimate of drug-likeness (QED) is 0.813. The Morgan fingerprint density at radius 3 is 3.13 bits per heavy atom. The summed E-state index contributed by atoms with van der Waals surface area (Å²) in [6, 6.07) is 1.89. The molecule has 2 aliphatic rings. The van der Waals surface area contributed by atoms with Crippen LogP contribution in [0.2, 0.25) is 5.15 Å². The maximum absolute atomic E-state index is 9.64. The van der Waals surface area contributed by atoms with Crippen molar-refractivity contribution in [3.63, 3.8) is 0 Å². The number of ether oxygens (including phenoxy) is 1. The molecule has 0 fully saturated rings. The number of hydrogen-bond acceptors (Lipinski definition) is 7. The lowest BCUT2D eigenvalue weighted by Crippen LogP contribution is -2.24. The first-order valence-corrected chi connectivity index (χ1v) is 7.83. The van der Waals surface area contributed by atoms with Gasteiger partial charge in [-0.2, -0.15) is 4.98 Å². The molecule has 3 N–H and O–H groups in total. The van der Waals surface area contributed by atoms with Crippen molar-refractivity contribution in [2.45, 2.75) is 18.9 Å². The molecule has 0 aliphatic carbocycles. The topological polar surface area (TPSA) is 97.4 Å². The predicted molar refractivity (Wildman–Crippen MR) is 85.8 cm³/mol. The molecule has 2 aromatic rings. The highest BCUT2D eigenvalue weighted by Crippen LogP contribution is 2.40. The molecule has 120 valence electrons. The minimum absolute atomic E-state index is 0.0140. The molecule has 23 heavy (non-hydrogen) atoms. The molecule has 4 rings (SSSR count). The van der Waals surface area contributed by atoms with E-state index in [9.17, 15) is 5.11 Å². The number of aromatic nitrogens is 3. The largest absolute Gasteiger partial charge is 0.493 e. The molecule has 0 amide bonds. The number of halogens is 1. The normalized spacial score (nSPS) is 18.7. The van der Waals surface area contributed by atoms with Crippen LogP contribution in [0.15, 0.2) is 12.3 Å². The van der Waals surface area contributed by atoms with Gasteiger partial charge in [0.15, 0.2) is 0 Å². The third kappa shape index (κ3) is 2.36. The second kappa shape index (κ2) is 5.50. The van der Waals surface area contributed by atoms with Crippen LogP contribution in [0.5, 0.6) is 5.75 Å². The number of nitrogens with zero attached hydrogens (tertiary/aromatic N) is 4. The van der Waals surface area contributed by atoms with E-state index in [4.69, 9.17) is 22.1 Å². The van der Waals surface area contributed by atoms with Crippen LogP contribution < -0.4 is 15.4 Å². The van der Waals surface area contributed by atoms with Crippen LogP contribution in [0.4, 0.5) is 11.8 Å². The summed E-state index contributed by atoms with van der Waals surface area (Å²) >= 11 is 6.21. The van der Waals surface area contributed by atoms with Gasteiger partial charge in [0.1, 0.15) is 16.7 Å². The summed E-state index contributed by atoms with van der Waals surface area (Å²) in [7, 11) is 0. The predicted octanol–water partition coefficient (Wildman–Crippen LogP) is 1.14. The van der Waals surface area contributed by atoms with E-state index < -0.39 is 0 Å². The van der Waals surface area contributed by atoms with Crippen molar-refractivity contribution in [3.05, 3.63) is 34.2 Å². The molecule has 2 aliphatic heterocycles. The maximum Gasteiger partial charge on any atom is 0.223 e. The van der Waals surface area contributed by atoms with Crippen LogP contribution in [-0.4, -0.2) is 39.8 Å². The van der Waals surface area contributed by atoms with Crippen molar-refractivity contribution in [2.24, 2.45) is 0 Å². The zero-order chi connectivity index (χ0) is 16.0. The van der Waals surface area contributed by atoms with E-state index in [0.29, 0.717) is 30.7 Å². The average molecular weight is 334 g/mol. The summed E-state index contributed by atoms with van der Waals surface area (Å²) in [5.74, 6) is 1.59. The Balaban J connectivity index is 1.71. The highest BCUT2D eigenvalue weighted by molar-refractivity contribution is 6.30. The van der Waals surface area contributed by atoms with Gasteiger partial charge in [0.25, 0.3) is 0 Å². The first-order valence-electron chi connectivity index (χ1n) is 7.45. The maximum atomic E-state index is 9.64. The molecular weight excluding hydrogens is 318 g/mol. The molecule has 0 bridgehead atoms. The van der Waals surface area contributed by atoms with Gasteiger partial charge in [-0.3, -0.25) is 4.98 Å². The number of aliphatic hydroxyl groups excluding tert-OH is 1. The molecule has 4 heterocycles. The Morgan fingerprint density at radius 2 is 2.30 bits per heavy atom. The van der Waals surface area contributed by atoms with Gasteiger partial charge in [0, 0.05) is 36.2 Å². The van der Waals surface area contributed by atoms with Crippen LogP contribution in [-0.2, 0) is 13.0 Å². The van der Waals surface area contributed by atoms with Gasteiger partial charge in [-0.05, 0) is 6.07 Å². The molecule has 0 aromatic carbocycles. The molecule has 8 heteroatoms. The van der Waals surface area contributed by atoms with E-state index in [1.807, 2.05) is 11.0 Å². The fourth-order valence-corrected chi connectivity index (χ4v) is 3.59. The Labute approximate surface area is 138 Å². The summed E-state index contributed by atoms with van der Waals surface area (Å²) in [6.07, 6.45) is 2.61. The van der Waals surface area contributed by atoms with E-state index in [1.54, 1.807) is 6.20 Å². The van der Waals surface area contributed by atoms with Gasteiger partial charge in [0.2, 0.25) is 5.95 Å². The van der Waals surface area contributed by atoms with Crippen molar-refractivity contribution < 1.29 is 9.84 Å². The second-order valence-electron chi connectivity index (χ2n) is 5.70. The Kier molecular flexibility index (Phi) is 3.46. The van der Waals surface area contributed by atoms with E-state index in [0.717, 1.165) is 29.0 Å². The minimum atomic E-state index is -0.119. The molecule has 0 radical (unpaired) electrons. The van der Waals surface area contributed by atoms with Crippen molar-refractivity contribution in [1.82, 2.24) is 15.0 Å². The van der Waals surface area contributed by atoms with Gasteiger partial charge < -0.3 is 20.5 Å². The van der Waals surface area contributed by atoms with E-state index in [2.05, 4.69) is 15.0 Å². The molecule has 0 saturated heterocycles. The van der Waals surface area contributed by atoms with E-state index >= 15 is 0 Å². The number of hydrogen-bond donors (Lipinski definition) is 2. The van der Waals surface area contributed by atoms with E-state index in [-0.39, 0.29) is 18.5 Å². The lowest BCUT2D eigenvalue weighted by Gasteiger charge is -2.19. The molecule has 7 nitrogen and oxygen atoms in total. The third-order valence-corrected chi connectivity index (χ3v) is 4.61. The first-order chi connectivity index (χ1) is 11.2. The highest BCUT2D eigenvalue weighted by Gasteiger charge is 2.34. The van der Waals surface area contributed by atoms with Gasteiger partial charge in [-0.1, -0.05) is 11.6 Å². The summed E-state index contributed by atoms with van der Waals surface area (Å²) in [4.78, 5) is 14.9. The lowest BCUT2D eigenvalue weighted by atomic mass is 10.1. The fraction of sp³-hybridized carbons (Fsp3) is 0.400. The Bertz CT molecular complexity index is 770. The van der Waals surface area contributed by atoms with Crippen LogP contribution >= 0.6 is 11.6 Å². The summed E-state index contributed by atoms with van der Waals surface area (Å²) in [5, 5.41) is 9.95. The van der Waals surface area contributed by atoms with Gasteiger partial charge in [0.05, 0.1) is 25.5 Å². The van der Waals surface area contributed by atoms with Crippen LogP contribution in [0.25, 0.3) is 0 Å². The zero-order valence-corrected chi connectivity index (χ0v) is 13.1. The van der Waals surface area contributed by atoms with Crippen LogP contribution in [0.3, 0.4) is 0 Å². The second-order valence-corrected chi connectivity index (χ2v) is 6.06. The molecule has 1 atom stereocenters. The van der Waals surface area contributed by atoms with Gasteiger partial charge in [-0.15, -0.1) is 0 Å². The van der Waals surface area contributed by atoms with Crippen LogP contribution in [0, 0.1) is 0 Å². The SMILES string of the molecule is Nc1nc(Cl)c2c(n1)N(Cc1nccc3c1CCO3)CC2CO. The number of fused-ring (bicyclic) bond motifs is 2. The van der Waals surface area contributed by atoms with Crippen LogP contribution in [0.1, 0.15) is 22.7 Å².